The van der Waals surface area contributed by atoms with Gasteiger partial charge in [-0.25, -0.2) is 18.5 Å². The third-order valence-corrected chi connectivity index (χ3v) is 7.66. The van der Waals surface area contributed by atoms with E-state index in [1.165, 1.54) is 0 Å². The average molecular weight is 502 g/mol. The minimum atomic E-state index is -5.70. The number of phosphoric acid groups is 3. The van der Waals surface area contributed by atoms with Gasteiger partial charge in [0.05, 0.1) is 11.6 Å². The smallest absolute Gasteiger partial charge is 0.387 e. The maximum absolute atomic E-state index is 11.9. The van der Waals surface area contributed by atoms with E-state index in [1.807, 2.05) is 0 Å². The van der Waals surface area contributed by atoms with Gasteiger partial charge < -0.3 is 39.8 Å². The topological polar surface area (TPSA) is 242 Å². The van der Waals surface area contributed by atoms with Crippen LogP contribution in [0.3, 0.4) is 0 Å². The van der Waals surface area contributed by atoms with Gasteiger partial charge in [-0.3, -0.25) is 9.42 Å². The zero-order chi connectivity index (χ0) is 22.2. The lowest BCUT2D eigenvalue weighted by Crippen LogP contribution is -2.56. The minimum Gasteiger partial charge on any atom is -0.387 e. The molecule has 29 heavy (non-hydrogen) atoms. The molecule has 2 heterocycles. The summed E-state index contributed by atoms with van der Waals surface area (Å²) in [5.74, 6) is 0. The van der Waals surface area contributed by atoms with E-state index in [0.29, 0.717) is 0 Å². The third kappa shape index (κ3) is 7.09. The zero-order valence-corrected chi connectivity index (χ0v) is 17.6. The Bertz CT molecular complexity index is 803. The first-order chi connectivity index (χ1) is 13.1. The zero-order valence-electron chi connectivity index (χ0n) is 14.1. The lowest BCUT2D eigenvalue weighted by molar-refractivity contribution is -0.0784. The molecular weight excluding hydrogens is 485 g/mol. The van der Waals surface area contributed by atoms with Gasteiger partial charge in [0.25, 0.3) is 0 Å². The number of carbonyl (C=O) groups excluding carboxylic acids is 1. The molecule has 20 heteroatoms. The molecule has 0 spiro atoms. The van der Waals surface area contributed by atoms with Gasteiger partial charge >= 0.3 is 29.5 Å². The standard InChI is InChI=1S/C9H17N2O14P3S/c12-6-4(3-22-27(18,19)25-28(20,21)24-26(15,16)17)23-8(7(6)13)11-2-1-5(29)10-9(11)14/h4,6-8,12-13H,1-3H2,(H,18,19)(H,20,21)(H,10,14,29)(H2,15,16,17)/t4-,6-,7-,8-/m1/s1. The lowest BCUT2D eigenvalue weighted by Gasteiger charge is -2.33. The normalized spacial score (nSPS) is 32.6. The molecule has 2 fully saturated rings. The van der Waals surface area contributed by atoms with Crippen molar-refractivity contribution in [2.24, 2.45) is 0 Å². The Morgan fingerprint density at radius 1 is 1.10 bits per heavy atom. The Kier molecular flexibility index (Phi) is 7.75. The van der Waals surface area contributed by atoms with Gasteiger partial charge in [-0.2, -0.15) is 8.62 Å². The summed E-state index contributed by atoms with van der Waals surface area (Å²) in [7, 11) is -16.7. The number of phosphoric ester groups is 1. The van der Waals surface area contributed by atoms with Crippen molar-refractivity contribution in [1.82, 2.24) is 10.2 Å². The highest BCUT2D eigenvalue weighted by atomic mass is 32.1. The number of rotatable bonds is 8. The Balaban J connectivity index is 1.97. The highest BCUT2D eigenvalue weighted by Gasteiger charge is 2.49. The molecule has 0 saturated carbocycles. The van der Waals surface area contributed by atoms with Gasteiger partial charge in [0, 0.05) is 13.0 Å². The van der Waals surface area contributed by atoms with Crippen LogP contribution in [0, 0.1) is 0 Å². The summed E-state index contributed by atoms with van der Waals surface area (Å²) in [6, 6.07) is -0.703. The van der Waals surface area contributed by atoms with Crippen molar-refractivity contribution in [3.63, 3.8) is 0 Å². The lowest BCUT2D eigenvalue weighted by atomic mass is 10.1. The molecule has 0 aromatic rings. The summed E-state index contributed by atoms with van der Waals surface area (Å²) >= 11 is 4.84. The number of thiocarbonyl (C=S) groups is 1. The van der Waals surface area contributed by atoms with Crippen molar-refractivity contribution in [3.8, 4) is 0 Å². The van der Waals surface area contributed by atoms with Crippen LogP contribution in [0.4, 0.5) is 4.79 Å². The predicted octanol–water partition coefficient (Wildman–Crippen LogP) is -1.48. The number of nitrogens with one attached hydrogen (secondary N) is 1. The van der Waals surface area contributed by atoms with Crippen molar-refractivity contribution in [1.29, 1.82) is 0 Å². The second-order valence-corrected chi connectivity index (χ2v) is 10.6. The van der Waals surface area contributed by atoms with Gasteiger partial charge in [0.2, 0.25) is 0 Å². The number of nitrogens with zero attached hydrogens (tertiary/aromatic N) is 1. The van der Waals surface area contributed by atoms with E-state index in [4.69, 9.17) is 31.6 Å². The van der Waals surface area contributed by atoms with Crippen LogP contribution in [0.15, 0.2) is 0 Å². The van der Waals surface area contributed by atoms with E-state index in [9.17, 15) is 33.6 Å². The van der Waals surface area contributed by atoms with Gasteiger partial charge in [-0.05, 0) is 0 Å². The van der Waals surface area contributed by atoms with E-state index in [0.717, 1.165) is 4.90 Å². The van der Waals surface area contributed by atoms with E-state index >= 15 is 0 Å². The molecule has 6 atom stereocenters. The molecular formula is C9H17N2O14P3S. The van der Waals surface area contributed by atoms with Crippen molar-refractivity contribution in [2.45, 2.75) is 31.0 Å². The fourth-order valence-corrected chi connectivity index (χ4v) is 5.62. The molecule has 2 aliphatic rings. The molecule has 168 valence electrons. The Morgan fingerprint density at radius 3 is 2.28 bits per heavy atom. The molecule has 0 bridgehead atoms. The number of hydrogen-bond donors (Lipinski definition) is 7. The molecule has 0 aromatic heterocycles. The number of urea groups is 1. The number of hydrogen-bond acceptors (Lipinski definition) is 11. The molecule has 0 aliphatic carbocycles. The highest BCUT2D eigenvalue weighted by Crippen LogP contribution is 2.66. The summed E-state index contributed by atoms with van der Waals surface area (Å²) < 4.78 is 50.2. The third-order valence-electron chi connectivity index (χ3n) is 3.55. The monoisotopic (exact) mass is 502 g/mol. The van der Waals surface area contributed by atoms with E-state index in [-0.39, 0.29) is 18.0 Å². The number of ether oxygens (including phenoxy) is 1. The van der Waals surface area contributed by atoms with Crippen molar-refractivity contribution in [2.75, 3.05) is 13.2 Å². The molecule has 16 nitrogen and oxygen atoms in total. The quantitative estimate of drug-likeness (QED) is 0.148. The van der Waals surface area contributed by atoms with Crippen LogP contribution < -0.4 is 5.32 Å². The van der Waals surface area contributed by atoms with Gasteiger partial charge in [-0.15, -0.1) is 0 Å². The molecule has 7 N–H and O–H groups in total. The van der Waals surface area contributed by atoms with E-state index < -0.39 is 60.6 Å². The van der Waals surface area contributed by atoms with Crippen LogP contribution in [-0.4, -0.2) is 83.4 Å². The van der Waals surface area contributed by atoms with Crippen LogP contribution >= 0.6 is 35.7 Å². The van der Waals surface area contributed by atoms with E-state index in [2.05, 4.69) is 18.5 Å². The maximum atomic E-state index is 11.9. The summed E-state index contributed by atoms with van der Waals surface area (Å²) in [6.07, 6.45) is -5.92. The van der Waals surface area contributed by atoms with E-state index in [1.54, 1.807) is 0 Å². The molecule has 2 aliphatic heterocycles. The Hall–Kier alpha value is -0.350. The molecule has 2 rings (SSSR count). The number of carbonyl (C=O) groups is 1. The molecule has 2 unspecified atom stereocenters. The van der Waals surface area contributed by atoms with Gasteiger partial charge in [0.15, 0.2) is 6.23 Å². The van der Waals surface area contributed by atoms with Crippen LogP contribution in [0.2, 0.25) is 0 Å². The number of aliphatic hydroxyl groups excluding tert-OH is 2. The fourth-order valence-electron chi connectivity index (χ4n) is 2.42. The molecule has 0 aromatic carbocycles. The van der Waals surface area contributed by atoms with Gasteiger partial charge in [0.1, 0.15) is 18.3 Å². The second kappa shape index (κ2) is 9.02. The predicted molar refractivity (Wildman–Crippen MR) is 92.9 cm³/mol. The summed E-state index contributed by atoms with van der Waals surface area (Å²) in [4.78, 5) is 48.6. The van der Waals surface area contributed by atoms with Crippen molar-refractivity contribution in [3.05, 3.63) is 0 Å². The van der Waals surface area contributed by atoms with Crippen LogP contribution in [0.1, 0.15) is 6.42 Å². The summed E-state index contributed by atoms with van der Waals surface area (Å²) in [5, 5.41) is 22.4. The fraction of sp³-hybridized carbons (Fsp3) is 0.778. The summed E-state index contributed by atoms with van der Waals surface area (Å²) in [6.45, 7) is -0.923. The molecule has 0 radical (unpaired) electrons. The molecule has 2 amide bonds. The molecule has 2 saturated heterocycles. The first-order valence-corrected chi connectivity index (χ1v) is 12.4. The minimum absolute atomic E-state index is 0.0572. The van der Waals surface area contributed by atoms with Crippen molar-refractivity contribution >= 4 is 46.7 Å². The number of amides is 2. The average Bonchev–Trinajstić information content (AvgIpc) is 2.78. The highest BCUT2D eigenvalue weighted by molar-refractivity contribution is 7.80. The van der Waals surface area contributed by atoms with Crippen LogP contribution in [-0.2, 0) is 31.6 Å². The van der Waals surface area contributed by atoms with Crippen LogP contribution in [0.5, 0.6) is 0 Å². The largest absolute Gasteiger partial charge is 0.490 e. The number of aliphatic hydroxyl groups is 2. The first-order valence-electron chi connectivity index (χ1n) is 7.51. The Labute approximate surface area is 167 Å². The Morgan fingerprint density at radius 2 is 1.72 bits per heavy atom. The SMILES string of the molecule is O=C1NC(=S)CCN1[C@@H]1O[C@H](COP(=O)(O)OP(=O)(O)OP(=O)(O)O)[C@@H](O)[C@H]1O. The van der Waals surface area contributed by atoms with Crippen LogP contribution in [0.25, 0.3) is 0 Å². The summed E-state index contributed by atoms with van der Waals surface area (Å²) in [5.41, 5.74) is 0. The second-order valence-electron chi connectivity index (χ2n) is 5.73. The maximum Gasteiger partial charge on any atom is 0.490 e. The first kappa shape index (κ1) is 24.9. The van der Waals surface area contributed by atoms with Gasteiger partial charge in [-0.1, -0.05) is 12.2 Å². The van der Waals surface area contributed by atoms with Crippen molar-refractivity contribution < 1.29 is 66.2 Å².